The number of fused-ring (bicyclic) bond motifs is 1. The van der Waals surface area contributed by atoms with Crippen molar-refractivity contribution in [3.8, 4) is 6.07 Å². The van der Waals surface area contributed by atoms with Crippen LogP contribution in [0.4, 0.5) is 0 Å². The van der Waals surface area contributed by atoms with E-state index in [9.17, 15) is 9.59 Å². The minimum atomic E-state index is -0.422. The van der Waals surface area contributed by atoms with Crippen LogP contribution >= 0.6 is 0 Å². The van der Waals surface area contributed by atoms with Crippen LogP contribution in [0.25, 0.3) is 11.1 Å². The summed E-state index contributed by atoms with van der Waals surface area (Å²) in [5.41, 5.74) is 2.90. The summed E-state index contributed by atoms with van der Waals surface area (Å²) in [6.45, 7) is 0.310. The molecule has 1 aromatic heterocycles. The zero-order valence-corrected chi connectivity index (χ0v) is 12.4. The molecule has 0 aliphatic heterocycles. The van der Waals surface area contributed by atoms with Gasteiger partial charge in [0.25, 0.3) is 5.91 Å². The van der Waals surface area contributed by atoms with Crippen LogP contribution in [-0.4, -0.2) is 10.5 Å². The first-order valence-corrected chi connectivity index (χ1v) is 6.95. The summed E-state index contributed by atoms with van der Waals surface area (Å²) in [5, 5.41) is 11.7. The maximum atomic E-state index is 12.1. The summed E-state index contributed by atoms with van der Waals surface area (Å²) in [4.78, 5) is 23.6. The van der Waals surface area contributed by atoms with Gasteiger partial charge in [0.15, 0.2) is 5.58 Å². The first-order chi connectivity index (χ1) is 11.1. The molecule has 0 saturated heterocycles. The first kappa shape index (κ1) is 14.6. The number of nitriles is 1. The smallest absolute Gasteiger partial charge is 0.408 e. The molecule has 6 heteroatoms. The largest absolute Gasteiger partial charge is 0.419 e. The summed E-state index contributed by atoms with van der Waals surface area (Å²) in [5.74, 6) is -0.683. The molecule has 114 valence electrons. The summed E-state index contributed by atoms with van der Waals surface area (Å²) in [7, 11) is 1.63. The third-order valence-corrected chi connectivity index (χ3v) is 3.56. The van der Waals surface area contributed by atoms with Gasteiger partial charge in [-0.1, -0.05) is 12.1 Å². The summed E-state index contributed by atoms with van der Waals surface area (Å²) >= 11 is 0. The maximum Gasteiger partial charge on any atom is 0.419 e. The number of hydrogen-bond donors (Lipinski definition) is 1. The molecule has 0 fully saturated rings. The molecular weight excluding hydrogens is 294 g/mol. The lowest BCUT2D eigenvalue weighted by Gasteiger charge is -2.06. The van der Waals surface area contributed by atoms with E-state index < -0.39 is 5.76 Å². The fourth-order valence-electron chi connectivity index (χ4n) is 2.30. The Kier molecular flexibility index (Phi) is 3.69. The van der Waals surface area contributed by atoms with Crippen molar-refractivity contribution in [2.45, 2.75) is 6.54 Å². The van der Waals surface area contributed by atoms with Crippen LogP contribution in [0.1, 0.15) is 21.5 Å². The van der Waals surface area contributed by atoms with E-state index in [1.165, 1.54) is 10.6 Å². The van der Waals surface area contributed by atoms with Crippen LogP contribution in [0.5, 0.6) is 0 Å². The highest BCUT2D eigenvalue weighted by Crippen LogP contribution is 2.14. The molecule has 0 atom stereocenters. The van der Waals surface area contributed by atoms with E-state index in [0.29, 0.717) is 28.8 Å². The molecule has 2 aromatic carbocycles. The Morgan fingerprint density at radius 2 is 2.13 bits per heavy atom. The lowest BCUT2D eigenvalue weighted by molar-refractivity contribution is 0.0951. The van der Waals surface area contributed by atoms with E-state index >= 15 is 0 Å². The van der Waals surface area contributed by atoms with Crippen molar-refractivity contribution in [3.63, 3.8) is 0 Å². The number of nitrogens with one attached hydrogen (secondary N) is 1. The molecule has 1 N–H and O–H groups in total. The number of oxazole rings is 1. The Bertz CT molecular complexity index is 992. The second-order valence-electron chi connectivity index (χ2n) is 5.10. The number of carbonyl (C=O) groups excluding carboxylic acids is 1. The summed E-state index contributed by atoms with van der Waals surface area (Å²) in [6.07, 6.45) is 0. The van der Waals surface area contributed by atoms with Gasteiger partial charge in [-0.3, -0.25) is 9.36 Å². The third-order valence-electron chi connectivity index (χ3n) is 3.56. The predicted molar refractivity (Wildman–Crippen MR) is 83.8 cm³/mol. The zero-order chi connectivity index (χ0) is 16.4. The highest BCUT2D eigenvalue weighted by Gasteiger charge is 2.09. The number of nitrogens with zero attached hydrogens (tertiary/aromatic N) is 2. The minimum absolute atomic E-state index is 0.261. The molecule has 0 aliphatic carbocycles. The van der Waals surface area contributed by atoms with Gasteiger partial charge in [0.2, 0.25) is 0 Å². The van der Waals surface area contributed by atoms with Crippen LogP contribution < -0.4 is 11.1 Å². The average molecular weight is 307 g/mol. The molecule has 1 heterocycles. The van der Waals surface area contributed by atoms with Gasteiger partial charge in [0.1, 0.15) is 0 Å². The van der Waals surface area contributed by atoms with E-state index in [0.717, 1.165) is 5.56 Å². The van der Waals surface area contributed by atoms with Crippen LogP contribution in [0.2, 0.25) is 0 Å². The average Bonchev–Trinajstić information content (AvgIpc) is 2.87. The zero-order valence-electron chi connectivity index (χ0n) is 12.4. The number of aryl methyl sites for hydroxylation is 1. The van der Waals surface area contributed by atoms with Crippen molar-refractivity contribution in [2.75, 3.05) is 0 Å². The standard InChI is InChI=1S/C17H13N3O3/c1-20-14-8-12(5-6-15(14)23-17(20)22)10-19-16(21)13-4-2-3-11(7-13)9-18/h2-8H,10H2,1H3,(H,19,21). The molecule has 3 rings (SSSR count). The molecular formula is C17H13N3O3. The van der Waals surface area contributed by atoms with E-state index in [-0.39, 0.29) is 5.91 Å². The summed E-state index contributed by atoms with van der Waals surface area (Å²) in [6, 6.07) is 13.8. The van der Waals surface area contributed by atoms with E-state index in [1.54, 1.807) is 43.4 Å². The Balaban J connectivity index is 1.77. The first-order valence-electron chi connectivity index (χ1n) is 6.95. The molecule has 0 unspecified atom stereocenters. The Labute approximate surface area is 131 Å². The monoisotopic (exact) mass is 307 g/mol. The molecule has 3 aromatic rings. The van der Waals surface area contributed by atoms with Crippen LogP contribution in [0.3, 0.4) is 0 Å². The van der Waals surface area contributed by atoms with Crippen molar-refractivity contribution in [1.29, 1.82) is 5.26 Å². The second kappa shape index (κ2) is 5.81. The van der Waals surface area contributed by atoms with Crippen LogP contribution in [0.15, 0.2) is 51.7 Å². The number of carbonyl (C=O) groups is 1. The second-order valence-corrected chi connectivity index (χ2v) is 5.10. The molecule has 0 spiro atoms. The normalized spacial score (nSPS) is 10.4. The topological polar surface area (TPSA) is 88.0 Å². The SMILES string of the molecule is Cn1c(=O)oc2ccc(CNC(=O)c3cccc(C#N)c3)cc21. The quantitative estimate of drug-likeness (QED) is 0.801. The van der Waals surface area contributed by atoms with Gasteiger partial charge in [-0.25, -0.2) is 4.79 Å². The Morgan fingerprint density at radius 1 is 1.30 bits per heavy atom. The Hall–Kier alpha value is -3.33. The van der Waals surface area contributed by atoms with Gasteiger partial charge in [-0.15, -0.1) is 0 Å². The van der Waals surface area contributed by atoms with Crippen molar-refractivity contribution >= 4 is 17.0 Å². The fraction of sp³-hybridized carbons (Fsp3) is 0.118. The molecule has 23 heavy (non-hydrogen) atoms. The van der Waals surface area contributed by atoms with Gasteiger partial charge in [-0.2, -0.15) is 5.26 Å². The minimum Gasteiger partial charge on any atom is -0.408 e. The molecule has 0 saturated carbocycles. The van der Waals surface area contributed by atoms with Gasteiger partial charge in [-0.05, 0) is 35.9 Å². The number of amides is 1. The molecule has 1 amide bonds. The van der Waals surface area contributed by atoms with Crippen LogP contribution in [-0.2, 0) is 13.6 Å². The van der Waals surface area contributed by atoms with E-state index in [1.807, 2.05) is 6.07 Å². The maximum absolute atomic E-state index is 12.1. The lowest BCUT2D eigenvalue weighted by atomic mass is 10.1. The van der Waals surface area contributed by atoms with Crippen LogP contribution in [0, 0.1) is 11.3 Å². The highest BCUT2D eigenvalue weighted by molar-refractivity contribution is 5.94. The fourth-order valence-corrected chi connectivity index (χ4v) is 2.30. The van der Waals surface area contributed by atoms with Crippen molar-refractivity contribution in [1.82, 2.24) is 9.88 Å². The van der Waals surface area contributed by atoms with Crippen molar-refractivity contribution < 1.29 is 9.21 Å². The third kappa shape index (κ3) is 2.85. The van der Waals surface area contributed by atoms with Gasteiger partial charge in [0.05, 0.1) is 17.1 Å². The Morgan fingerprint density at radius 3 is 2.91 bits per heavy atom. The van der Waals surface area contributed by atoms with E-state index in [2.05, 4.69) is 5.32 Å². The van der Waals surface area contributed by atoms with E-state index in [4.69, 9.17) is 9.68 Å². The highest BCUT2D eigenvalue weighted by atomic mass is 16.4. The molecule has 6 nitrogen and oxygen atoms in total. The molecule has 0 radical (unpaired) electrons. The number of benzene rings is 2. The van der Waals surface area contributed by atoms with Gasteiger partial charge >= 0.3 is 5.76 Å². The molecule has 0 bridgehead atoms. The molecule has 0 aliphatic rings. The van der Waals surface area contributed by atoms with Gasteiger partial charge < -0.3 is 9.73 Å². The number of aromatic nitrogens is 1. The van der Waals surface area contributed by atoms with Crippen molar-refractivity contribution in [3.05, 3.63) is 69.7 Å². The lowest BCUT2D eigenvalue weighted by Crippen LogP contribution is -2.22. The predicted octanol–water partition coefficient (Wildman–Crippen LogP) is 1.93. The number of rotatable bonds is 3. The van der Waals surface area contributed by atoms with Gasteiger partial charge in [0, 0.05) is 19.2 Å². The van der Waals surface area contributed by atoms with Crippen molar-refractivity contribution in [2.24, 2.45) is 7.05 Å². The number of hydrogen-bond acceptors (Lipinski definition) is 4. The summed E-state index contributed by atoms with van der Waals surface area (Å²) < 4.78 is 6.48.